The molecule has 0 spiro atoms. The summed E-state index contributed by atoms with van der Waals surface area (Å²) in [5, 5.41) is 11.5. The number of aromatic nitrogens is 3. The number of nitrogens with two attached hydrogens (primary N) is 1. The molecule has 0 bridgehead atoms. The number of pyridine rings is 1. The average Bonchev–Trinajstić information content (AvgIpc) is 2.73. The van der Waals surface area contributed by atoms with Gasteiger partial charge in [0.15, 0.2) is 11.6 Å². The summed E-state index contributed by atoms with van der Waals surface area (Å²) in [5.41, 5.74) is 9.68. The first-order valence-corrected chi connectivity index (χ1v) is 9.13. The number of nitrogens with zero attached hydrogens (tertiary/aromatic N) is 3. The second kappa shape index (κ2) is 7.69. The molecule has 2 aromatic heterocycles. The molecule has 0 saturated carbocycles. The summed E-state index contributed by atoms with van der Waals surface area (Å²) in [6, 6.07) is 11.2. The number of ether oxygens (including phenoxy) is 1. The Morgan fingerprint density at radius 1 is 1.18 bits per heavy atom. The van der Waals surface area contributed by atoms with Crippen LogP contribution in [-0.2, 0) is 4.74 Å². The lowest BCUT2D eigenvalue weighted by Crippen LogP contribution is -2.36. The van der Waals surface area contributed by atoms with Crippen LogP contribution < -0.4 is 21.5 Å². The van der Waals surface area contributed by atoms with E-state index in [4.69, 9.17) is 10.5 Å². The lowest BCUT2D eigenvalue weighted by atomic mass is 10.0. The standard InChI is InChI=1S/C20H22N6O2/c1-13-15(3-2-4-16(13)21)14-11-17(20(27)22-12-14)23-18-5-6-19(25-24-18)26-7-9-28-10-8-26/h2-6,11-12H,7-10,21H2,1H3,(H,22,27)(H,23,24). The number of nitrogens with one attached hydrogen (secondary N) is 2. The fraction of sp³-hybridized carbons (Fsp3) is 0.250. The van der Waals surface area contributed by atoms with Gasteiger partial charge in [-0.25, -0.2) is 0 Å². The van der Waals surface area contributed by atoms with E-state index in [9.17, 15) is 4.79 Å². The molecule has 0 atom stereocenters. The highest BCUT2D eigenvalue weighted by atomic mass is 16.5. The molecule has 8 heteroatoms. The number of hydrogen-bond acceptors (Lipinski definition) is 7. The van der Waals surface area contributed by atoms with E-state index < -0.39 is 0 Å². The number of anilines is 4. The Kier molecular flexibility index (Phi) is 4.94. The molecule has 0 unspecified atom stereocenters. The molecule has 0 amide bonds. The molecule has 1 aromatic carbocycles. The van der Waals surface area contributed by atoms with Gasteiger partial charge in [0, 0.05) is 30.5 Å². The maximum absolute atomic E-state index is 12.3. The summed E-state index contributed by atoms with van der Waals surface area (Å²) in [6.07, 6.45) is 1.68. The van der Waals surface area contributed by atoms with Crippen molar-refractivity contribution in [3.63, 3.8) is 0 Å². The molecular formula is C20H22N6O2. The first-order valence-electron chi connectivity index (χ1n) is 9.13. The number of rotatable bonds is 4. The summed E-state index contributed by atoms with van der Waals surface area (Å²) in [7, 11) is 0. The van der Waals surface area contributed by atoms with Gasteiger partial charge >= 0.3 is 0 Å². The van der Waals surface area contributed by atoms with Crippen molar-refractivity contribution in [1.29, 1.82) is 0 Å². The Hall–Kier alpha value is -3.39. The van der Waals surface area contributed by atoms with Crippen LogP contribution in [0.4, 0.5) is 23.0 Å². The zero-order valence-electron chi connectivity index (χ0n) is 15.6. The number of morpholine rings is 1. The van der Waals surface area contributed by atoms with Crippen molar-refractivity contribution in [3.8, 4) is 11.1 Å². The Bertz CT molecular complexity index is 1030. The van der Waals surface area contributed by atoms with Crippen LogP contribution in [0.5, 0.6) is 0 Å². The summed E-state index contributed by atoms with van der Waals surface area (Å²) in [5.74, 6) is 1.30. The number of H-pyrrole nitrogens is 1. The van der Waals surface area contributed by atoms with Crippen molar-refractivity contribution in [3.05, 3.63) is 58.5 Å². The van der Waals surface area contributed by atoms with Crippen LogP contribution in [0, 0.1) is 6.92 Å². The lowest BCUT2D eigenvalue weighted by Gasteiger charge is -2.27. The van der Waals surface area contributed by atoms with Crippen molar-refractivity contribution in [1.82, 2.24) is 15.2 Å². The average molecular weight is 378 g/mol. The van der Waals surface area contributed by atoms with Gasteiger partial charge in [0.25, 0.3) is 5.56 Å². The van der Waals surface area contributed by atoms with Crippen LogP contribution in [0.3, 0.4) is 0 Å². The topological polar surface area (TPSA) is 109 Å². The molecule has 3 aromatic rings. The van der Waals surface area contributed by atoms with Crippen molar-refractivity contribution < 1.29 is 4.74 Å². The normalized spacial score (nSPS) is 14.1. The van der Waals surface area contributed by atoms with E-state index >= 15 is 0 Å². The Balaban J connectivity index is 1.58. The highest BCUT2D eigenvalue weighted by Gasteiger charge is 2.13. The largest absolute Gasteiger partial charge is 0.398 e. The Labute approximate surface area is 162 Å². The minimum atomic E-state index is -0.232. The lowest BCUT2D eigenvalue weighted by molar-refractivity contribution is 0.122. The molecule has 1 aliphatic heterocycles. The van der Waals surface area contributed by atoms with Gasteiger partial charge < -0.3 is 25.7 Å². The zero-order chi connectivity index (χ0) is 19.5. The summed E-state index contributed by atoms with van der Waals surface area (Å²) in [4.78, 5) is 17.1. The van der Waals surface area contributed by atoms with Gasteiger partial charge in [0.1, 0.15) is 5.69 Å². The summed E-state index contributed by atoms with van der Waals surface area (Å²) < 4.78 is 5.35. The van der Waals surface area contributed by atoms with E-state index in [0.29, 0.717) is 30.4 Å². The molecule has 28 heavy (non-hydrogen) atoms. The third-order valence-electron chi connectivity index (χ3n) is 4.84. The molecule has 144 valence electrons. The molecule has 0 radical (unpaired) electrons. The van der Waals surface area contributed by atoms with Gasteiger partial charge in [0.2, 0.25) is 0 Å². The highest BCUT2D eigenvalue weighted by molar-refractivity contribution is 5.75. The van der Waals surface area contributed by atoms with Gasteiger partial charge in [-0.3, -0.25) is 4.79 Å². The molecule has 1 aliphatic rings. The second-order valence-electron chi connectivity index (χ2n) is 6.65. The minimum Gasteiger partial charge on any atom is -0.398 e. The fourth-order valence-corrected chi connectivity index (χ4v) is 3.19. The first-order chi connectivity index (χ1) is 13.6. The van der Waals surface area contributed by atoms with Crippen LogP contribution in [-0.4, -0.2) is 41.5 Å². The zero-order valence-corrected chi connectivity index (χ0v) is 15.6. The van der Waals surface area contributed by atoms with E-state index in [2.05, 4.69) is 25.4 Å². The van der Waals surface area contributed by atoms with Crippen LogP contribution in [0.25, 0.3) is 11.1 Å². The maximum atomic E-state index is 12.3. The fourth-order valence-electron chi connectivity index (χ4n) is 3.19. The maximum Gasteiger partial charge on any atom is 0.271 e. The van der Waals surface area contributed by atoms with Crippen LogP contribution in [0.2, 0.25) is 0 Å². The second-order valence-corrected chi connectivity index (χ2v) is 6.65. The van der Waals surface area contributed by atoms with Gasteiger partial charge in [-0.15, -0.1) is 10.2 Å². The van der Waals surface area contributed by atoms with Crippen LogP contribution in [0.15, 0.2) is 47.4 Å². The van der Waals surface area contributed by atoms with Gasteiger partial charge in [-0.1, -0.05) is 12.1 Å². The van der Waals surface area contributed by atoms with Crippen molar-refractivity contribution in [2.24, 2.45) is 0 Å². The quantitative estimate of drug-likeness (QED) is 0.598. The summed E-state index contributed by atoms with van der Waals surface area (Å²) >= 11 is 0. The molecular weight excluding hydrogens is 356 g/mol. The van der Waals surface area contributed by atoms with E-state index in [0.717, 1.165) is 35.6 Å². The number of aromatic amines is 1. The highest BCUT2D eigenvalue weighted by Crippen LogP contribution is 2.27. The summed E-state index contributed by atoms with van der Waals surface area (Å²) in [6.45, 7) is 4.92. The van der Waals surface area contributed by atoms with E-state index in [1.54, 1.807) is 12.3 Å². The van der Waals surface area contributed by atoms with E-state index in [1.165, 1.54) is 0 Å². The van der Waals surface area contributed by atoms with Crippen LogP contribution >= 0.6 is 0 Å². The number of hydrogen-bond donors (Lipinski definition) is 3. The Morgan fingerprint density at radius 2 is 2.00 bits per heavy atom. The smallest absolute Gasteiger partial charge is 0.271 e. The predicted octanol–water partition coefficient (Wildman–Crippen LogP) is 2.30. The Morgan fingerprint density at radius 3 is 2.75 bits per heavy atom. The number of nitrogen functional groups attached to an aromatic ring is 1. The first kappa shape index (κ1) is 18.0. The van der Waals surface area contributed by atoms with Crippen molar-refractivity contribution >= 4 is 23.0 Å². The molecule has 1 fully saturated rings. The molecule has 0 aliphatic carbocycles. The minimum absolute atomic E-state index is 0.232. The third kappa shape index (κ3) is 3.67. The number of benzene rings is 1. The third-order valence-corrected chi connectivity index (χ3v) is 4.84. The van der Waals surface area contributed by atoms with E-state index in [-0.39, 0.29) is 5.56 Å². The predicted molar refractivity (Wildman–Crippen MR) is 110 cm³/mol. The van der Waals surface area contributed by atoms with E-state index in [1.807, 2.05) is 37.3 Å². The van der Waals surface area contributed by atoms with Gasteiger partial charge in [-0.05, 0) is 42.3 Å². The van der Waals surface area contributed by atoms with Crippen LogP contribution in [0.1, 0.15) is 5.56 Å². The SMILES string of the molecule is Cc1c(N)cccc1-c1c[nH]c(=O)c(Nc2ccc(N3CCOCC3)nn2)c1. The van der Waals surface area contributed by atoms with Gasteiger partial charge in [-0.2, -0.15) is 0 Å². The van der Waals surface area contributed by atoms with Crippen molar-refractivity contribution in [2.75, 3.05) is 42.3 Å². The monoisotopic (exact) mass is 378 g/mol. The molecule has 4 N–H and O–H groups in total. The molecule has 3 heterocycles. The molecule has 4 rings (SSSR count). The van der Waals surface area contributed by atoms with Crippen molar-refractivity contribution in [2.45, 2.75) is 6.92 Å². The van der Waals surface area contributed by atoms with Gasteiger partial charge in [0.05, 0.1) is 13.2 Å². The molecule has 1 saturated heterocycles. The molecule has 8 nitrogen and oxygen atoms in total.